The highest BCUT2D eigenvalue weighted by Gasteiger charge is 2.08. The molecule has 0 atom stereocenters. The van der Waals surface area contributed by atoms with Gasteiger partial charge in [-0.2, -0.15) is 0 Å². The molecule has 0 unspecified atom stereocenters. The lowest BCUT2D eigenvalue weighted by molar-refractivity contribution is 0.103. The van der Waals surface area contributed by atoms with E-state index in [1.165, 1.54) is 12.1 Å². The molecule has 74 valence electrons. The van der Waals surface area contributed by atoms with Gasteiger partial charge in [0.25, 0.3) is 0 Å². The zero-order valence-corrected chi connectivity index (χ0v) is 7.92. The van der Waals surface area contributed by atoms with Gasteiger partial charge < -0.3 is 5.11 Å². The van der Waals surface area contributed by atoms with Crippen molar-refractivity contribution in [1.82, 2.24) is 4.98 Å². The summed E-state index contributed by atoms with van der Waals surface area (Å²) >= 11 is 0. The zero-order valence-electron chi connectivity index (χ0n) is 7.92. The van der Waals surface area contributed by atoms with E-state index in [0.717, 1.165) is 0 Å². The lowest BCUT2D eigenvalue weighted by Gasteiger charge is -2.00. The summed E-state index contributed by atoms with van der Waals surface area (Å²) in [6.45, 7) is 0. The number of phenols is 1. The van der Waals surface area contributed by atoms with E-state index >= 15 is 0 Å². The molecule has 1 aromatic carbocycles. The van der Waals surface area contributed by atoms with Gasteiger partial charge in [-0.25, -0.2) is 0 Å². The number of nitrogens with zero attached hydrogens (tertiary/aromatic N) is 1. The fourth-order valence-electron chi connectivity index (χ4n) is 1.32. The second-order valence-corrected chi connectivity index (χ2v) is 3.12. The largest absolute Gasteiger partial charge is 0.508 e. The van der Waals surface area contributed by atoms with Gasteiger partial charge in [0.15, 0.2) is 5.78 Å². The quantitative estimate of drug-likeness (QED) is 0.753. The topological polar surface area (TPSA) is 50.2 Å². The highest BCUT2D eigenvalue weighted by atomic mass is 16.3. The van der Waals surface area contributed by atoms with E-state index in [9.17, 15) is 9.90 Å². The van der Waals surface area contributed by atoms with Crippen LogP contribution in [0.5, 0.6) is 5.75 Å². The summed E-state index contributed by atoms with van der Waals surface area (Å²) in [6, 6.07) is 9.58. The molecular weight excluding hydrogens is 190 g/mol. The molecule has 3 heteroatoms. The molecule has 0 aliphatic carbocycles. The number of benzene rings is 1. The summed E-state index contributed by atoms with van der Waals surface area (Å²) in [5.74, 6) is -0.0248. The van der Waals surface area contributed by atoms with Crippen LogP contribution in [-0.4, -0.2) is 15.9 Å². The Balaban J connectivity index is 2.37. The monoisotopic (exact) mass is 199 g/mol. The maximum absolute atomic E-state index is 11.9. The van der Waals surface area contributed by atoms with Gasteiger partial charge in [-0.05, 0) is 24.3 Å². The van der Waals surface area contributed by atoms with E-state index in [4.69, 9.17) is 0 Å². The minimum Gasteiger partial charge on any atom is -0.508 e. The maximum atomic E-state index is 11.9. The van der Waals surface area contributed by atoms with Crippen LogP contribution in [0.25, 0.3) is 0 Å². The van der Waals surface area contributed by atoms with E-state index in [1.54, 1.807) is 36.7 Å². The number of carbonyl (C=O) groups is 1. The van der Waals surface area contributed by atoms with Crippen LogP contribution in [0.15, 0.2) is 48.8 Å². The van der Waals surface area contributed by atoms with Crippen LogP contribution in [0, 0.1) is 0 Å². The van der Waals surface area contributed by atoms with Crippen molar-refractivity contribution in [3.63, 3.8) is 0 Å². The Morgan fingerprint density at radius 3 is 2.47 bits per heavy atom. The Morgan fingerprint density at radius 2 is 1.80 bits per heavy atom. The number of aromatic hydroxyl groups is 1. The van der Waals surface area contributed by atoms with Gasteiger partial charge in [-0.15, -0.1) is 0 Å². The summed E-state index contributed by atoms with van der Waals surface area (Å²) in [5.41, 5.74) is 1.04. The van der Waals surface area contributed by atoms with Crippen molar-refractivity contribution >= 4 is 5.78 Å². The summed E-state index contributed by atoms with van der Waals surface area (Å²) in [6.07, 6.45) is 3.13. The summed E-state index contributed by atoms with van der Waals surface area (Å²) in [5, 5.41) is 9.24. The molecule has 0 radical (unpaired) electrons. The van der Waals surface area contributed by atoms with Crippen LogP contribution in [0.3, 0.4) is 0 Å². The first-order valence-electron chi connectivity index (χ1n) is 4.51. The van der Waals surface area contributed by atoms with Crippen LogP contribution in [0.2, 0.25) is 0 Å². The summed E-state index contributed by atoms with van der Waals surface area (Å²) < 4.78 is 0. The van der Waals surface area contributed by atoms with Crippen molar-refractivity contribution in [1.29, 1.82) is 0 Å². The highest BCUT2D eigenvalue weighted by Crippen LogP contribution is 2.14. The third-order valence-electron chi connectivity index (χ3n) is 2.05. The molecule has 2 aromatic rings. The molecule has 0 aliphatic heterocycles. The normalized spacial score (nSPS) is 9.87. The lowest BCUT2D eigenvalue weighted by atomic mass is 10.0. The Hall–Kier alpha value is -2.16. The van der Waals surface area contributed by atoms with Crippen LogP contribution < -0.4 is 0 Å². The molecule has 0 amide bonds. The number of phenolic OH excluding ortho intramolecular Hbond substituents is 1. The SMILES string of the molecule is O=C(c1ccncc1)c1cccc(O)c1. The average Bonchev–Trinajstić information content (AvgIpc) is 2.29. The van der Waals surface area contributed by atoms with Gasteiger partial charge >= 0.3 is 0 Å². The molecular formula is C12H9NO2. The number of ketones is 1. The Labute approximate surface area is 87.0 Å². The molecule has 2 rings (SSSR count). The first-order chi connectivity index (χ1) is 7.27. The van der Waals surface area contributed by atoms with Crippen molar-refractivity contribution in [2.45, 2.75) is 0 Å². The smallest absolute Gasteiger partial charge is 0.193 e. The number of hydrogen-bond acceptors (Lipinski definition) is 3. The first-order valence-corrected chi connectivity index (χ1v) is 4.51. The highest BCUT2D eigenvalue weighted by molar-refractivity contribution is 6.09. The van der Waals surface area contributed by atoms with Crippen LogP contribution in [-0.2, 0) is 0 Å². The van der Waals surface area contributed by atoms with Crippen LogP contribution in [0.1, 0.15) is 15.9 Å². The first kappa shape index (κ1) is 9.40. The molecule has 0 saturated carbocycles. The van der Waals surface area contributed by atoms with Crippen molar-refractivity contribution in [3.8, 4) is 5.75 Å². The predicted octanol–water partition coefficient (Wildman–Crippen LogP) is 2.02. The van der Waals surface area contributed by atoms with Gasteiger partial charge in [-0.3, -0.25) is 9.78 Å². The second kappa shape index (κ2) is 3.92. The Kier molecular flexibility index (Phi) is 2.46. The maximum Gasteiger partial charge on any atom is 0.193 e. The molecule has 1 heterocycles. The number of aromatic nitrogens is 1. The number of pyridine rings is 1. The number of hydrogen-bond donors (Lipinski definition) is 1. The molecule has 0 saturated heterocycles. The summed E-state index contributed by atoms with van der Waals surface area (Å²) in [7, 11) is 0. The van der Waals surface area contributed by atoms with E-state index < -0.39 is 0 Å². The van der Waals surface area contributed by atoms with Gasteiger partial charge in [-0.1, -0.05) is 12.1 Å². The van der Waals surface area contributed by atoms with Gasteiger partial charge in [0.2, 0.25) is 0 Å². The molecule has 3 nitrogen and oxygen atoms in total. The summed E-state index contributed by atoms with van der Waals surface area (Å²) in [4.78, 5) is 15.7. The molecule has 1 N–H and O–H groups in total. The van der Waals surface area contributed by atoms with Crippen LogP contribution >= 0.6 is 0 Å². The minimum absolute atomic E-state index is 0.0925. The van der Waals surface area contributed by atoms with E-state index in [0.29, 0.717) is 11.1 Å². The number of carbonyl (C=O) groups excluding carboxylic acids is 1. The van der Waals surface area contributed by atoms with Crippen molar-refractivity contribution < 1.29 is 9.90 Å². The standard InChI is InChI=1S/C12H9NO2/c14-11-3-1-2-10(8-11)12(15)9-4-6-13-7-5-9/h1-8,14H. The van der Waals surface area contributed by atoms with Crippen molar-refractivity contribution in [2.75, 3.05) is 0 Å². The van der Waals surface area contributed by atoms with E-state index in [1.807, 2.05) is 0 Å². The van der Waals surface area contributed by atoms with Crippen molar-refractivity contribution in [2.24, 2.45) is 0 Å². The average molecular weight is 199 g/mol. The molecule has 0 spiro atoms. The molecule has 0 bridgehead atoms. The Bertz CT molecular complexity index is 480. The second-order valence-electron chi connectivity index (χ2n) is 3.12. The van der Waals surface area contributed by atoms with Gasteiger partial charge in [0, 0.05) is 23.5 Å². The molecule has 0 aliphatic rings. The fraction of sp³-hybridized carbons (Fsp3) is 0. The third-order valence-corrected chi connectivity index (χ3v) is 2.05. The number of rotatable bonds is 2. The predicted molar refractivity (Wildman–Crippen MR) is 55.8 cm³/mol. The zero-order chi connectivity index (χ0) is 10.7. The van der Waals surface area contributed by atoms with E-state index in [-0.39, 0.29) is 11.5 Å². The fourth-order valence-corrected chi connectivity index (χ4v) is 1.32. The van der Waals surface area contributed by atoms with Gasteiger partial charge in [0.05, 0.1) is 0 Å². The van der Waals surface area contributed by atoms with Crippen molar-refractivity contribution in [3.05, 3.63) is 59.9 Å². The van der Waals surface area contributed by atoms with Gasteiger partial charge in [0.1, 0.15) is 5.75 Å². The molecule has 0 fully saturated rings. The van der Waals surface area contributed by atoms with Crippen LogP contribution in [0.4, 0.5) is 0 Å². The minimum atomic E-state index is -0.117. The molecule has 15 heavy (non-hydrogen) atoms. The van der Waals surface area contributed by atoms with E-state index in [2.05, 4.69) is 4.98 Å². The lowest BCUT2D eigenvalue weighted by Crippen LogP contribution is -2.00. The molecule has 1 aromatic heterocycles. The Morgan fingerprint density at radius 1 is 1.07 bits per heavy atom. The third kappa shape index (κ3) is 2.02.